The van der Waals surface area contributed by atoms with Gasteiger partial charge in [0.25, 0.3) is 5.91 Å². The van der Waals surface area contributed by atoms with Gasteiger partial charge in [-0.05, 0) is 128 Å². The summed E-state index contributed by atoms with van der Waals surface area (Å²) in [7, 11) is 0. The smallest absolute Gasteiger partial charge is 0.339 e. The maximum Gasteiger partial charge on any atom is 0.339 e. The third-order valence-corrected chi connectivity index (χ3v) is 11.1. The molecule has 0 bridgehead atoms. The number of nitrogens with one attached hydrogen (secondary N) is 1. The van der Waals surface area contributed by atoms with E-state index in [9.17, 15) is 35.1 Å². The fourth-order valence-electron chi connectivity index (χ4n) is 8.18. The number of rotatable bonds is 15. The Hall–Kier alpha value is -4.50. The van der Waals surface area contributed by atoms with Gasteiger partial charge in [0.05, 0.1) is 5.56 Å². The van der Waals surface area contributed by atoms with Crippen molar-refractivity contribution in [2.24, 2.45) is 17.6 Å². The van der Waals surface area contributed by atoms with Crippen LogP contribution in [-0.4, -0.2) is 50.5 Å². The minimum Gasteiger partial charge on any atom is -0.507 e. The lowest BCUT2D eigenvalue weighted by atomic mass is 9.73. The number of aromatic hydroxyl groups is 4. The molecule has 4 rings (SSSR count). The molecular weight excluding hydrogens is 717 g/mol. The van der Waals surface area contributed by atoms with Crippen molar-refractivity contribution < 1.29 is 35.1 Å². The van der Waals surface area contributed by atoms with Gasteiger partial charge in [0.2, 0.25) is 0 Å². The second-order valence-electron chi connectivity index (χ2n) is 15.9. The molecule has 0 unspecified atom stereocenters. The summed E-state index contributed by atoms with van der Waals surface area (Å²) in [4.78, 5) is 24.6. The van der Waals surface area contributed by atoms with Crippen LogP contribution < -0.4 is 11.1 Å². The highest BCUT2D eigenvalue weighted by atomic mass is 16.4. The molecule has 2 aromatic rings. The molecule has 0 spiro atoms. The molecule has 0 heterocycles. The first-order valence-electron chi connectivity index (χ1n) is 21.0. The Bertz CT molecular complexity index is 1770. The lowest BCUT2D eigenvalue weighted by Crippen LogP contribution is -2.25. The number of carbonyl (C=O) groups is 2. The first kappa shape index (κ1) is 48.6. The quantitative estimate of drug-likeness (QED) is 0.0690. The van der Waals surface area contributed by atoms with E-state index < -0.39 is 5.97 Å². The Labute approximate surface area is 342 Å². The van der Waals surface area contributed by atoms with Crippen molar-refractivity contribution in [2.45, 2.75) is 144 Å². The molecule has 0 aromatic heterocycles. The molecule has 9 heteroatoms. The Morgan fingerprint density at radius 2 is 1.11 bits per heavy atom. The fraction of sp³-hybridized carbons (Fsp3) is 0.542. The number of benzene rings is 2. The van der Waals surface area contributed by atoms with Crippen molar-refractivity contribution >= 4 is 11.9 Å². The average molecular weight is 789 g/mol. The highest BCUT2D eigenvalue weighted by Crippen LogP contribution is 2.49. The Morgan fingerprint density at radius 3 is 1.46 bits per heavy atom. The van der Waals surface area contributed by atoms with Crippen LogP contribution in [0.3, 0.4) is 0 Å². The molecule has 0 aliphatic heterocycles. The SMILES string of the molecule is C=C(C)[C@@H]1CCC(C)=C[C@H]1c1c(O)cc(CCCCC)c(C(=O)NCC)c1O.C=C(C)[C@@H]1CCC(C)=C[C@H]1c1c(O)cc(CCCCC)c(C(=O)O)c1O.CCN. The van der Waals surface area contributed by atoms with Gasteiger partial charge in [-0.3, -0.25) is 4.79 Å². The van der Waals surface area contributed by atoms with E-state index in [-0.39, 0.29) is 58.1 Å². The number of carbonyl (C=O) groups excluding carboxylic acids is 1. The lowest BCUT2D eigenvalue weighted by Gasteiger charge is -2.32. The molecule has 0 fully saturated rings. The normalized spacial score (nSPS) is 18.8. The van der Waals surface area contributed by atoms with Gasteiger partial charge in [0.15, 0.2) is 0 Å². The molecule has 1 amide bonds. The van der Waals surface area contributed by atoms with E-state index in [2.05, 4.69) is 45.3 Å². The molecule has 2 aliphatic rings. The molecule has 0 saturated heterocycles. The van der Waals surface area contributed by atoms with Crippen LogP contribution in [-0.2, 0) is 12.8 Å². The third-order valence-electron chi connectivity index (χ3n) is 11.1. The topological polar surface area (TPSA) is 173 Å². The molecule has 0 radical (unpaired) electrons. The first-order valence-corrected chi connectivity index (χ1v) is 21.0. The number of aromatic carboxylic acids is 1. The van der Waals surface area contributed by atoms with Crippen LogP contribution in [0.5, 0.6) is 23.0 Å². The van der Waals surface area contributed by atoms with E-state index >= 15 is 0 Å². The summed E-state index contributed by atoms with van der Waals surface area (Å²) in [6.07, 6.45) is 14.9. The standard InChI is InChI=1S/C24H35NO3.C22H30O4.C2H7N/c1-6-8-9-10-17-14-20(26)22(23(27)21(17)24(28)25-7-2)19-13-16(5)11-12-18(19)15(3)4;1-5-6-7-8-15-12-18(23)20(21(24)19(15)22(25)26)17-11-14(4)9-10-16(17)13(2)3;1-2-3/h13-14,18-19,26-27H,3,6-12H2,1-2,4-5H3,(H,25,28);11-12,16-17,23-24H,2,5-10H2,1,3-4H3,(H,25,26);2-3H2,1H3/t18-,19+;16-,17+;/m00./s1. The number of allylic oxidation sites excluding steroid dienone is 6. The summed E-state index contributed by atoms with van der Waals surface area (Å²) < 4.78 is 0. The minimum absolute atomic E-state index is 0.0267. The van der Waals surface area contributed by atoms with Gasteiger partial charge in [-0.2, -0.15) is 0 Å². The molecule has 8 N–H and O–H groups in total. The van der Waals surface area contributed by atoms with Gasteiger partial charge in [0.1, 0.15) is 28.6 Å². The number of phenolic OH excluding ortho intramolecular Hbond substituents is 3. The number of unbranched alkanes of at least 4 members (excludes halogenated alkanes) is 4. The van der Waals surface area contributed by atoms with Crippen molar-refractivity contribution in [2.75, 3.05) is 13.1 Å². The van der Waals surface area contributed by atoms with E-state index in [4.69, 9.17) is 5.73 Å². The Balaban J connectivity index is 0.000000369. The van der Waals surface area contributed by atoms with Crippen LogP contribution >= 0.6 is 0 Å². The van der Waals surface area contributed by atoms with Crippen molar-refractivity contribution in [3.8, 4) is 23.0 Å². The largest absolute Gasteiger partial charge is 0.507 e. The van der Waals surface area contributed by atoms with Crippen LogP contribution in [0.15, 0.2) is 59.7 Å². The summed E-state index contributed by atoms with van der Waals surface area (Å²) in [5, 5.41) is 56.0. The number of aryl methyl sites for hydroxylation is 2. The molecule has 9 nitrogen and oxygen atoms in total. The summed E-state index contributed by atoms with van der Waals surface area (Å²) in [5.74, 6) is -2.01. The molecular formula is C48H72N2O7. The molecule has 2 aromatic carbocycles. The first-order chi connectivity index (χ1) is 27.0. The van der Waals surface area contributed by atoms with Gasteiger partial charge in [-0.25, -0.2) is 4.79 Å². The number of carboxylic acid groups (broad SMARTS) is 1. The number of phenols is 4. The monoisotopic (exact) mass is 789 g/mol. The Kier molecular flexibility index (Phi) is 20.2. The van der Waals surface area contributed by atoms with Crippen molar-refractivity contribution in [3.05, 3.63) is 93.1 Å². The van der Waals surface area contributed by atoms with E-state index in [1.165, 1.54) is 17.2 Å². The summed E-state index contributed by atoms with van der Waals surface area (Å²) in [6, 6.07) is 3.21. The summed E-state index contributed by atoms with van der Waals surface area (Å²) in [6.45, 7) is 25.4. The van der Waals surface area contributed by atoms with Gasteiger partial charge in [0, 0.05) is 29.5 Å². The van der Waals surface area contributed by atoms with Crippen LogP contribution in [0.25, 0.3) is 0 Å². The van der Waals surface area contributed by atoms with Crippen LogP contribution in [0.2, 0.25) is 0 Å². The molecule has 2 aliphatic carbocycles. The van der Waals surface area contributed by atoms with Crippen molar-refractivity contribution in [3.63, 3.8) is 0 Å². The predicted octanol–water partition coefficient (Wildman–Crippen LogP) is 11.1. The number of hydrogen-bond donors (Lipinski definition) is 7. The van der Waals surface area contributed by atoms with Gasteiger partial charge < -0.3 is 36.6 Å². The minimum atomic E-state index is -1.15. The van der Waals surface area contributed by atoms with Crippen LogP contribution in [0, 0.1) is 11.8 Å². The van der Waals surface area contributed by atoms with Gasteiger partial charge >= 0.3 is 5.97 Å². The van der Waals surface area contributed by atoms with E-state index in [0.29, 0.717) is 47.2 Å². The number of amides is 1. The van der Waals surface area contributed by atoms with Crippen molar-refractivity contribution in [1.82, 2.24) is 5.32 Å². The molecule has 4 atom stereocenters. The zero-order chi connectivity index (χ0) is 43.0. The van der Waals surface area contributed by atoms with E-state index in [1.807, 2.05) is 40.7 Å². The zero-order valence-electron chi connectivity index (χ0n) is 36.1. The van der Waals surface area contributed by atoms with Crippen LogP contribution in [0.4, 0.5) is 0 Å². The lowest BCUT2D eigenvalue weighted by molar-refractivity contribution is 0.0691. The molecule has 0 saturated carbocycles. The molecule has 57 heavy (non-hydrogen) atoms. The van der Waals surface area contributed by atoms with E-state index in [0.717, 1.165) is 81.9 Å². The summed E-state index contributed by atoms with van der Waals surface area (Å²) >= 11 is 0. The number of hydrogen-bond acceptors (Lipinski definition) is 7. The summed E-state index contributed by atoms with van der Waals surface area (Å²) in [5.41, 5.74) is 11.5. The third kappa shape index (κ3) is 13.0. The van der Waals surface area contributed by atoms with Gasteiger partial charge in [-0.15, -0.1) is 0 Å². The van der Waals surface area contributed by atoms with Gasteiger partial charge in [-0.1, -0.05) is 94.1 Å². The zero-order valence-corrected chi connectivity index (χ0v) is 36.1. The Morgan fingerprint density at radius 1 is 0.719 bits per heavy atom. The van der Waals surface area contributed by atoms with Crippen LogP contribution in [0.1, 0.15) is 174 Å². The second-order valence-corrected chi connectivity index (χ2v) is 15.9. The maximum absolute atomic E-state index is 12.8. The van der Waals surface area contributed by atoms with Crippen molar-refractivity contribution in [1.29, 1.82) is 0 Å². The average Bonchev–Trinajstić information content (AvgIpc) is 3.12. The number of nitrogens with two attached hydrogens (primary N) is 1. The highest BCUT2D eigenvalue weighted by molar-refractivity contribution is 5.99. The fourth-order valence-corrected chi connectivity index (χ4v) is 8.18. The maximum atomic E-state index is 12.8. The second kappa shape index (κ2) is 23.7. The highest BCUT2D eigenvalue weighted by Gasteiger charge is 2.34. The predicted molar refractivity (Wildman–Crippen MR) is 234 cm³/mol. The molecule has 316 valence electrons. The number of carboxylic acids is 1. The van der Waals surface area contributed by atoms with E-state index in [1.54, 1.807) is 6.07 Å².